The van der Waals surface area contributed by atoms with Crippen LogP contribution in [0.1, 0.15) is 35.0 Å². The van der Waals surface area contributed by atoms with E-state index in [2.05, 4.69) is 5.16 Å². The summed E-state index contributed by atoms with van der Waals surface area (Å²) >= 11 is 0. The van der Waals surface area contributed by atoms with Crippen LogP contribution in [0.15, 0.2) is 34.9 Å². The molecule has 0 unspecified atom stereocenters. The average Bonchev–Trinajstić information content (AvgIpc) is 3.31. The molecule has 2 heterocycles. The summed E-state index contributed by atoms with van der Waals surface area (Å²) in [5.74, 6) is 2.54. The van der Waals surface area contributed by atoms with Crippen LogP contribution in [-0.2, 0) is 0 Å². The summed E-state index contributed by atoms with van der Waals surface area (Å²) in [5, 5.41) is 3.89. The number of carbonyl (C=O) groups excluding carboxylic acids is 1. The molecule has 2 aromatic rings. The Morgan fingerprint density at radius 3 is 2.87 bits per heavy atom. The molecule has 0 radical (unpaired) electrons. The van der Waals surface area contributed by atoms with Crippen LogP contribution in [0.5, 0.6) is 11.5 Å². The third-order valence-electron chi connectivity index (χ3n) is 4.12. The van der Waals surface area contributed by atoms with Crippen molar-refractivity contribution < 1.29 is 18.8 Å². The fraction of sp³-hybridized carbons (Fsp3) is 0.412. The second-order valence-corrected chi connectivity index (χ2v) is 6.07. The maximum absolute atomic E-state index is 12.4. The van der Waals surface area contributed by atoms with Gasteiger partial charge < -0.3 is 18.9 Å². The first-order valence-corrected chi connectivity index (χ1v) is 7.81. The average molecular weight is 314 g/mol. The minimum absolute atomic E-state index is 0.164. The van der Waals surface area contributed by atoms with Gasteiger partial charge in [-0.25, -0.2) is 0 Å². The zero-order valence-electron chi connectivity index (χ0n) is 12.9. The maximum Gasteiger partial charge on any atom is 0.275 e. The van der Waals surface area contributed by atoms with Gasteiger partial charge in [-0.15, -0.1) is 0 Å². The molecule has 1 aliphatic carbocycles. The van der Waals surface area contributed by atoms with Crippen molar-refractivity contribution in [1.29, 1.82) is 0 Å². The van der Waals surface area contributed by atoms with E-state index in [1.807, 2.05) is 24.3 Å². The van der Waals surface area contributed by atoms with E-state index in [-0.39, 0.29) is 12.0 Å². The fourth-order valence-corrected chi connectivity index (χ4v) is 2.69. The number of amides is 1. The largest absolute Gasteiger partial charge is 0.486 e. The lowest BCUT2D eigenvalue weighted by molar-refractivity contribution is 0.0514. The SMILES string of the molecule is CN(C[C@@H]1COc2ccccc2O1)C(=O)c1cc(C2CC2)on1. The van der Waals surface area contributed by atoms with Crippen molar-refractivity contribution in [1.82, 2.24) is 10.1 Å². The van der Waals surface area contributed by atoms with Crippen LogP contribution in [0.4, 0.5) is 0 Å². The number of rotatable bonds is 4. The molecule has 1 amide bonds. The summed E-state index contributed by atoms with van der Waals surface area (Å²) < 4.78 is 16.8. The lowest BCUT2D eigenvalue weighted by atomic mass is 10.2. The van der Waals surface area contributed by atoms with E-state index in [9.17, 15) is 4.79 Å². The highest BCUT2D eigenvalue weighted by atomic mass is 16.6. The first-order chi connectivity index (χ1) is 11.2. The van der Waals surface area contributed by atoms with Crippen molar-refractivity contribution in [2.75, 3.05) is 20.2 Å². The number of nitrogens with zero attached hydrogens (tertiary/aromatic N) is 2. The Balaban J connectivity index is 1.39. The van der Waals surface area contributed by atoms with Gasteiger partial charge >= 0.3 is 0 Å². The van der Waals surface area contributed by atoms with Crippen LogP contribution in [0, 0.1) is 0 Å². The summed E-state index contributed by atoms with van der Waals surface area (Å²) in [6, 6.07) is 9.29. The normalized spacial score (nSPS) is 19.4. The van der Waals surface area contributed by atoms with Crippen molar-refractivity contribution in [3.05, 3.63) is 41.8 Å². The molecule has 1 aliphatic heterocycles. The molecule has 6 nitrogen and oxygen atoms in total. The highest BCUT2D eigenvalue weighted by molar-refractivity contribution is 5.92. The summed E-state index contributed by atoms with van der Waals surface area (Å²) in [4.78, 5) is 14.0. The topological polar surface area (TPSA) is 64.8 Å². The Morgan fingerprint density at radius 2 is 2.09 bits per heavy atom. The first-order valence-electron chi connectivity index (χ1n) is 7.81. The molecule has 1 fully saturated rings. The highest BCUT2D eigenvalue weighted by Gasteiger charge is 2.30. The van der Waals surface area contributed by atoms with Gasteiger partial charge in [-0.3, -0.25) is 4.79 Å². The van der Waals surface area contributed by atoms with E-state index in [4.69, 9.17) is 14.0 Å². The van der Waals surface area contributed by atoms with Crippen LogP contribution in [0.2, 0.25) is 0 Å². The number of benzene rings is 1. The summed E-state index contributed by atoms with van der Waals surface area (Å²) in [7, 11) is 1.73. The number of hydrogen-bond acceptors (Lipinski definition) is 5. The highest BCUT2D eigenvalue weighted by Crippen LogP contribution is 2.40. The van der Waals surface area contributed by atoms with Crippen molar-refractivity contribution in [3.63, 3.8) is 0 Å². The minimum atomic E-state index is -0.200. The van der Waals surface area contributed by atoms with Gasteiger partial charge in [-0.05, 0) is 25.0 Å². The van der Waals surface area contributed by atoms with Gasteiger partial charge in [-0.2, -0.15) is 0 Å². The molecule has 0 bridgehead atoms. The Morgan fingerprint density at radius 1 is 1.30 bits per heavy atom. The number of likely N-dealkylation sites (N-methyl/N-ethyl adjacent to an activating group) is 1. The third-order valence-corrected chi connectivity index (χ3v) is 4.12. The molecule has 6 heteroatoms. The standard InChI is InChI=1S/C17H18N2O4/c1-19(17(20)13-8-16(23-18-13)11-6-7-11)9-12-10-21-14-4-2-3-5-15(14)22-12/h2-5,8,11-12H,6-7,9-10H2,1H3/t12-/m1/s1. The fourth-order valence-electron chi connectivity index (χ4n) is 2.69. The van der Waals surface area contributed by atoms with Gasteiger partial charge in [0.25, 0.3) is 5.91 Å². The van der Waals surface area contributed by atoms with Crippen LogP contribution in [-0.4, -0.2) is 42.3 Å². The smallest absolute Gasteiger partial charge is 0.275 e. The Labute approximate surface area is 134 Å². The summed E-state index contributed by atoms with van der Waals surface area (Å²) in [5.41, 5.74) is 0.353. The zero-order chi connectivity index (χ0) is 15.8. The van der Waals surface area contributed by atoms with Crippen molar-refractivity contribution in [2.24, 2.45) is 0 Å². The Kier molecular flexibility index (Phi) is 3.44. The Bertz CT molecular complexity index is 723. The summed E-state index contributed by atoms with van der Waals surface area (Å²) in [6.45, 7) is 0.847. The molecule has 0 spiro atoms. The quantitative estimate of drug-likeness (QED) is 0.867. The van der Waals surface area contributed by atoms with Gasteiger partial charge in [0.15, 0.2) is 23.3 Å². The maximum atomic E-state index is 12.4. The molecule has 1 aromatic heterocycles. The Hall–Kier alpha value is -2.50. The van der Waals surface area contributed by atoms with Crippen molar-refractivity contribution in [3.8, 4) is 11.5 Å². The number of aromatic nitrogens is 1. The van der Waals surface area contributed by atoms with Gasteiger partial charge in [0.1, 0.15) is 12.4 Å². The van der Waals surface area contributed by atoms with Crippen LogP contribution < -0.4 is 9.47 Å². The molecular weight excluding hydrogens is 296 g/mol. The second kappa shape index (κ2) is 5.61. The van der Waals surface area contributed by atoms with Crippen molar-refractivity contribution in [2.45, 2.75) is 24.9 Å². The predicted octanol–water partition coefficient (Wildman–Crippen LogP) is 2.46. The van der Waals surface area contributed by atoms with Gasteiger partial charge in [-0.1, -0.05) is 17.3 Å². The van der Waals surface area contributed by atoms with Gasteiger partial charge in [0, 0.05) is 19.0 Å². The number of ether oxygens (including phenoxy) is 2. The predicted molar refractivity (Wildman–Crippen MR) is 81.8 cm³/mol. The van der Waals surface area contributed by atoms with E-state index in [1.165, 1.54) is 0 Å². The molecule has 0 N–H and O–H groups in total. The minimum Gasteiger partial charge on any atom is -0.486 e. The van der Waals surface area contributed by atoms with Crippen molar-refractivity contribution >= 4 is 5.91 Å². The van der Waals surface area contributed by atoms with Gasteiger partial charge in [0.05, 0.1) is 6.54 Å². The third kappa shape index (κ3) is 2.88. The lowest BCUT2D eigenvalue weighted by Gasteiger charge is -2.29. The summed E-state index contributed by atoms with van der Waals surface area (Å²) in [6.07, 6.45) is 2.03. The zero-order valence-corrected chi connectivity index (χ0v) is 12.9. The molecule has 120 valence electrons. The van der Waals surface area contributed by atoms with E-state index < -0.39 is 0 Å². The number of fused-ring (bicyclic) bond motifs is 1. The van der Waals surface area contributed by atoms with Crippen LogP contribution in [0.25, 0.3) is 0 Å². The van der Waals surface area contributed by atoms with Crippen LogP contribution in [0.3, 0.4) is 0 Å². The first kappa shape index (κ1) is 14.1. The molecule has 4 rings (SSSR count). The van der Waals surface area contributed by atoms with E-state index in [0.29, 0.717) is 30.5 Å². The van der Waals surface area contributed by atoms with Crippen LogP contribution >= 0.6 is 0 Å². The molecular formula is C17H18N2O4. The molecule has 1 aromatic carbocycles. The molecule has 1 saturated carbocycles. The molecule has 23 heavy (non-hydrogen) atoms. The van der Waals surface area contributed by atoms with E-state index in [0.717, 1.165) is 24.4 Å². The molecule has 0 saturated heterocycles. The number of carbonyl (C=O) groups is 1. The number of para-hydroxylation sites is 2. The molecule has 2 aliphatic rings. The van der Waals surface area contributed by atoms with E-state index in [1.54, 1.807) is 18.0 Å². The second-order valence-electron chi connectivity index (χ2n) is 6.07. The van der Waals surface area contributed by atoms with Gasteiger partial charge in [0.2, 0.25) is 0 Å². The molecule has 1 atom stereocenters. The number of hydrogen-bond donors (Lipinski definition) is 0. The lowest BCUT2D eigenvalue weighted by Crippen LogP contribution is -2.41. The monoisotopic (exact) mass is 314 g/mol. The van der Waals surface area contributed by atoms with E-state index >= 15 is 0 Å².